The summed E-state index contributed by atoms with van der Waals surface area (Å²) < 4.78 is 2.96. The summed E-state index contributed by atoms with van der Waals surface area (Å²) in [5.41, 5.74) is 1.51. The van der Waals surface area contributed by atoms with Crippen molar-refractivity contribution in [3.8, 4) is 22.8 Å². The van der Waals surface area contributed by atoms with E-state index in [0.29, 0.717) is 32.0 Å². The Morgan fingerprint density at radius 2 is 1.62 bits per heavy atom. The Balaban J connectivity index is 1.84. The standard InChI is InChI=1S/C24H13Cl3N4O3/c25-14-4-7-16(8-5-14)31-21(18-9-6-15(26)11-19(18)27)29-22-20(23(31)32)28-12-30(22)17-3-1-2-13(10-17)24(33)34/h1-12H,(H,33,34). The Hall–Kier alpha value is -3.65. The van der Waals surface area contributed by atoms with Crippen molar-refractivity contribution in [2.75, 3.05) is 0 Å². The number of aromatic nitrogens is 4. The minimum atomic E-state index is -1.07. The number of benzene rings is 3. The molecule has 5 rings (SSSR count). The van der Waals surface area contributed by atoms with Crippen molar-refractivity contribution in [3.05, 3.63) is 104 Å². The molecule has 7 nitrogen and oxygen atoms in total. The largest absolute Gasteiger partial charge is 0.478 e. The first-order valence-electron chi connectivity index (χ1n) is 9.88. The molecule has 34 heavy (non-hydrogen) atoms. The van der Waals surface area contributed by atoms with Crippen LogP contribution in [0.3, 0.4) is 0 Å². The molecule has 5 aromatic rings. The Morgan fingerprint density at radius 1 is 0.882 bits per heavy atom. The summed E-state index contributed by atoms with van der Waals surface area (Å²) in [7, 11) is 0. The number of rotatable bonds is 4. The minimum Gasteiger partial charge on any atom is -0.478 e. The number of hydrogen-bond donors (Lipinski definition) is 1. The number of aromatic carboxylic acids is 1. The Morgan fingerprint density at radius 3 is 2.32 bits per heavy atom. The number of nitrogens with zero attached hydrogens (tertiary/aromatic N) is 4. The van der Waals surface area contributed by atoms with E-state index in [0.717, 1.165) is 0 Å². The summed E-state index contributed by atoms with van der Waals surface area (Å²) >= 11 is 18.6. The number of carboxylic acids is 1. The van der Waals surface area contributed by atoms with Gasteiger partial charge in [0.05, 0.1) is 16.3 Å². The topological polar surface area (TPSA) is 90.0 Å². The van der Waals surface area contributed by atoms with Crippen LogP contribution in [0.2, 0.25) is 15.1 Å². The lowest BCUT2D eigenvalue weighted by atomic mass is 10.2. The zero-order valence-electron chi connectivity index (χ0n) is 17.1. The molecule has 10 heteroatoms. The van der Waals surface area contributed by atoms with Crippen molar-refractivity contribution in [2.24, 2.45) is 0 Å². The zero-order valence-corrected chi connectivity index (χ0v) is 19.4. The molecular formula is C24H13Cl3N4O3. The van der Waals surface area contributed by atoms with Crippen LogP contribution in [0.5, 0.6) is 0 Å². The zero-order chi connectivity index (χ0) is 24.0. The van der Waals surface area contributed by atoms with Gasteiger partial charge in [0.2, 0.25) is 0 Å². The molecule has 168 valence electrons. The van der Waals surface area contributed by atoms with Crippen LogP contribution in [0.1, 0.15) is 10.4 Å². The van der Waals surface area contributed by atoms with Crippen LogP contribution in [0.15, 0.2) is 77.9 Å². The molecule has 0 atom stereocenters. The molecule has 0 saturated carbocycles. The molecule has 3 aromatic carbocycles. The first-order valence-corrected chi connectivity index (χ1v) is 11.0. The van der Waals surface area contributed by atoms with Crippen LogP contribution >= 0.6 is 34.8 Å². The molecule has 0 spiro atoms. The molecule has 0 aliphatic rings. The first-order chi connectivity index (χ1) is 16.3. The first kappa shape index (κ1) is 22.2. The highest BCUT2D eigenvalue weighted by Crippen LogP contribution is 2.31. The second-order valence-electron chi connectivity index (χ2n) is 7.32. The monoisotopic (exact) mass is 510 g/mol. The maximum atomic E-state index is 13.7. The van der Waals surface area contributed by atoms with E-state index >= 15 is 0 Å². The second-order valence-corrected chi connectivity index (χ2v) is 8.60. The van der Waals surface area contributed by atoms with Gasteiger partial charge in [0, 0.05) is 21.3 Å². The van der Waals surface area contributed by atoms with E-state index in [-0.39, 0.29) is 22.6 Å². The molecule has 2 aromatic heterocycles. The number of fused-ring (bicyclic) bond motifs is 1. The van der Waals surface area contributed by atoms with Crippen molar-refractivity contribution in [1.29, 1.82) is 0 Å². The lowest BCUT2D eigenvalue weighted by Gasteiger charge is -2.14. The Labute approximate surface area is 207 Å². The summed E-state index contributed by atoms with van der Waals surface area (Å²) in [6, 6.07) is 17.9. The highest BCUT2D eigenvalue weighted by atomic mass is 35.5. The van der Waals surface area contributed by atoms with E-state index in [9.17, 15) is 14.7 Å². The molecule has 0 bridgehead atoms. The average molecular weight is 512 g/mol. The van der Waals surface area contributed by atoms with Gasteiger partial charge in [0.25, 0.3) is 5.56 Å². The smallest absolute Gasteiger partial charge is 0.335 e. The predicted octanol–water partition coefficient (Wildman–Crippen LogP) is 5.90. The number of carboxylic acid groups (broad SMARTS) is 1. The van der Waals surface area contributed by atoms with Crippen LogP contribution in [0.25, 0.3) is 33.9 Å². The third kappa shape index (κ3) is 3.84. The molecule has 0 saturated heterocycles. The van der Waals surface area contributed by atoms with E-state index in [1.54, 1.807) is 59.2 Å². The molecule has 0 amide bonds. The van der Waals surface area contributed by atoms with Gasteiger partial charge < -0.3 is 5.11 Å². The van der Waals surface area contributed by atoms with Crippen LogP contribution in [0.4, 0.5) is 0 Å². The fourth-order valence-electron chi connectivity index (χ4n) is 3.61. The normalized spacial score (nSPS) is 11.1. The third-order valence-corrected chi connectivity index (χ3v) is 6.00. The Kier molecular flexibility index (Phi) is 5.61. The molecular weight excluding hydrogens is 499 g/mol. The van der Waals surface area contributed by atoms with Crippen LogP contribution in [-0.2, 0) is 0 Å². The van der Waals surface area contributed by atoms with Crippen molar-refractivity contribution in [1.82, 2.24) is 19.1 Å². The summed E-state index contributed by atoms with van der Waals surface area (Å²) in [4.78, 5) is 34.1. The molecule has 0 fully saturated rings. The fourth-order valence-corrected chi connectivity index (χ4v) is 4.23. The number of halogens is 3. The van der Waals surface area contributed by atoms with E-state index in [1.807, 2.05) is 0 Å². The quantitative estimate of drug-likeness (QED) is 0.325. The number of carbonyl (C=O) groups is 1. The van der Waals surface area contributed by atoms with Gasteiger partial charge in [0.15, 0.2) is 17.0 Å². The summed E-state index contributed by atoms with van der Waals surface area (Å²) in [6.07, 6.45) is 1.43. The third-order valence-electron chi connectivity index (χ3n) is 5.20. The Bertz CT molecular complexity index is 1640. The van der Waals surface area contributed by atoms with Gasteiger partial charge in [-0.1, -0.05) is 40.9 Å². The fraction of sp³-hybridized carbons (Fsp3) is 0. The predicted molar refractivity (Wildman–Crippen MR) is 132 cm³/mol. The van der Waals surface area contributed by atoms with Crippen LogP contribution in [-0.4, -0.2) is 30.2 Å². The summed E-state index contributed by atoms with van der Waals surface area (Å²) in [5, 5.41) is 10.6. The molecule has 0 radical (unpaired) electrons. The van der Waals surface area contributed by atoms with Crippen molar-refractivity contribution < 1.29 is 9.90 Å². The molecule has 0 aliphatic carbocycles. The van der Waals surface area contributed by atoms with Crippen LogP contribution < -0.4 is 5.56 Å². The average Bonchev–Trinajstić information content (AvgIpc) is 3.24. The van der Waals surface area contributed by atoms with Crippen molar-refractivity contribution in [3.63, 3.8) is 0 Å². The highest BCUT2D eigenvalue weighted by molar-refractivity contribution is 6.36. The van der Waals surface area contributed by atoms with Gasteiger partial charge >= 0.3 is 5.97 Å². The molecule has 1 N–H and O–H groups in total. The minimum absolute atomic E-state index is 0.0924. The van der Waals surface area contributed by atoms with Gasteiger partial charge in [-0.2, -0.15) is 0 Å². The van der Waals surface area contributed by atoms with Crippen LogP contribution in [0, 0.1) is 0 Å². The van der Waals surface area contributed by atoms with Gasteiger partial charge in [-0.05, 0) is 60.7 Å². The van der Waals surface area contributed by atoms with E-state index in [1.165, 1.54) is 23.0 Å². The van der Waals surface area contributed by atoms with Gasteiger partial charge in [0.1, 0.15) is 6.33 Å². The second kappa shape index (κ2) is 8.61. The SMILES string of the molecule is O=C(O)c1cccc(-n2cnc3c(=O)n(-c4ccc(Cl)cc4)c(-c4ccc(Cl)cc4Cl)nc32)c1. The van der Waals surface area contributed by atoms with Crippen molar-refractivity contribution >= 4 is 51.9 Å². The number of hydrogen-bond acceptors (Lipinski definition) is 4. The summed E-state index contributed by atoms with van der Waals surface area (Å²) in [6.45, 7) is 0. The summed E-state index contributed by atoms with van der Waals surface area (Å²) in [5.74, 6) is -0.810. The van der Waals surface area contributed by atoms with E-state index < -0.39 is 11.5 Å². The lowest BCUT2D eigenvalue weighted by Crippen LogP contribution is -2.22. The number of imidazole rings is 1. The molecule has 0 unspecified atom stereocenters. The van der Waals surface area contributed by atoms with Gasteiger partial charge in [-0.15, -0.1) is 0 Å². The highest BCUT2D eigenvalue weighted by Gasteiger charge is 2.21. The van der Waals surface area contributed by atoms with Gasteiger partial charge in [-0.3, -0.25) is 13.9 Å². The maximum Gasteiger partial charge on any atom is 0.335 e. The van der Waals surface area contributed by atoms with Gasteiger partial charge in [-0.25, -0.2) is 14.8 Å². The lowest BCUT2D eigenvalue weighted by molar-refractivity contribution is 0.0697. The van der Waals surface area contributed by atoms with Crippen molar-refractivity contribution in [2.45, 2.75) is 0 Å². The molecule has 0 aliphatic heterocycles. The van der Waals surface area contributed by atoms with E-state index in [4.69, 9.17) is 39.8 Å². The maximum absolute atomic E-state index is 13.7. The molecule has 2 heterocycles. The van der Waals surface area contributed by atoms with E-state index in [2.05, 4.69) is 4.98 Å².